The van der Waals surface area contributed by atoms with Crippen LogP contribution in [0.5, 0.6) is 0 Å². The molecule has 1 rings (SSSR count). The number of hydrogen-bond donors (Lipinski definition) is 5. The highest BCUT2D eigenvalue weighted by atomic mass is 32.2. The summed E-state index contributed by atoms with van der Waals surface area (Å²) in [5.74, 6) is 0. The Morgan fingerprint density at radius 2 is 1.53 bits per heavy atom. The lowest BCUT2D eigenvalue weighted by Crippen LogP contribution is -2.43. The third-order valence-corrected chi connectivity index (χ3v) is 1.58. The zero-order valence-electron chi connectivity index (χ0n) is 8.43. The van der Waals surface area contributed by atoms with Crippen molar-refractivity contribution < 1.29 is 46.9 Å². The topological polar surface area (TPSA) is 145 Å². The number of halogens is 2. The van der Waals surface area contributed by atoms with Crippen LogP contribution in [0.4, 0.5) is 8.78 Å². The molecule has 11 heteroatoms. The molecular formula is C6H12F2O8S. The van der Waals surface area contributed by atoms with Crippen LogP contribution in [0.3, 0.4) is 0 Å². The number of alkyl halides is 2. The van der Waals surface area contributed by atoms with Crippen molar-refractivity contribution >= 4 is 10.1 Å². The number of ether oxygens (including phenoxy) is 1. The smallest absolute Gasteiger partial charge is 0.382 e. The van der Waals surface area contributed by atoms with E-state index in [2.05, 4.69) is 4.74 Å². The molecule has 104 valence electrons. The van der Waals surface area contributed by atoms with Crippen molar-refractivity contribution in [3.63, 3.8) is 0 Å². The monoisotopic (exact) mass is 282 g/mol. The van der Waals surface area contributed by atoms with Gasteiger partial charge in [0.25, 0.3) is 10.1 Å². The molecule has 0 aromatic heterocycles. The Hall–Kier alpha value is -0.430. The predicted molar refractivity (Wildman–Crippen MR) is 47.5 cm³/mol. The number of aliphatic hydroxyl groups excluding tert-OH is 3. The van der Waals surface area contributed by atoms with E-state index in [1.807, 2.05) is 0 Å². The second-order valence-corrected chi connectivity index (χ2v) is 4.72. The zero-order chi connectivity index (χ0) is 14.0. The van der Waals surface area contributed by atoms with Crippen molar-refractivity contribution in [2.75, 3.05) is 6.26 Å². The summed E-state index contributed by atoms with van der Waals surface area (Å²) in [7, 11) is -3.67. The molecule has 1 unspecified atom stereocenters. The summed E-state index contributed by atoms with van der Waals surface area (Å²) in [6.45, 7) is 0. The van der Waals surface area contributed by atoms with Gasteiger partial charge < -0.3 is 25.2 Å². The third-order valence-electron chi connectivity index (χ3n) is 1.58. The highest BCUT2D eigenvalue weighted by Gasteiger charge is 2.54. The van der Waals surface area contributed by atoms with Crippen LogP contribution in [0.2, 0.25) is 0 Å². The lowest BCUT2D eigenvalue weighted by atomic mass is 10.1. The summed E-state index contributed by atoms with van der Waals surface area (Å²) >= 11 is 0. The van der Waals surface area contributed by atoms with Crippen LogP contribution in [-0.2, 0) is 14.9 Å². The predicted octanol–water partition coefficient (Wildman–Crippen LogP) is -2.49. The van der Waals surface area contributed by atoms with Crippen molar-refractivity contribution in [2.24, 2.45) is 0 Å². The summed E-state index contributed by atoms with van der Waals surface area (Å²) in [6, 6.07) is 0. The second kappa shape index (κ2) is 5.48. The van der Waals surface area contributed by atoms with E-state index in [0.29, 0.717) is 6.26 Å². The molecule has 1 aliphatic rings. The SMILES string of the molecule is CS(=O)(=O)O.OC1O[C@H](C(O)(F)F)[C@@H](O)[C@H]1O. The molecule has 4 atom stereocenters. The molecule has 0 aromatic carbocycles. The fourth-order valence-electron chi connectivity index (χ4n) is 0.946. The van der Waals surface area contributed by atoms with Crippen LogP contribution in [0.25, 0.3) is 0 Å². The van der Waals surface area contributed by atoms with E-state index in [0.717, 1.165) is 0 Å². The van der Waals surface area contributed by atoms with E-state index in [9.17, 15) is 17.2 Å². The van der Waals surface area contributed by atoms with Gasteiger partial charge in [0.1, 0.15) is 12.2 Å². The lowest BCUT2D eigenvalue weighted by molar-refractivity contribution is -0.289. The molecule has 0 bridgehead atoms. The minimum atomic E-state index is -4.28. The van der Waals surface area contributed by atoms with Gasteiger partial charge in [-0.25, -0.2) is 0 Å². The quantitative estimate of drug-likeness (QED) is 0.332. The van der Waals surface area contributed by atoms with Crippen LogP contribution >= 0.6 is 0 Å². The normalized spacial score (nSPS) is 34.1. The average Bonchev–Trinajstić information content (AvgIpc) is 2.28. The molecule has 1 fully saturated rings. The number of rotatable bonds is 1. The summed E-state index contributed by atoms with van der Waals surface area (Å²) in [6.07, 6.45) is -11.6. The van der Waals surface area contributed by atoms with Gasteiger partial charge >= 0.3 is 6.11 Å². The van der Waals surface area contributed by atoms with E-state index in [4.69, 9.17) is 25.0 Å². The molecule has 17 heavy (non-hydrogen) atoms. The Bertz CT molecular complexity index is 330. The maximum Gasteiger partial charge on any atom is 0.382 e. The van der Waals surface area contributed by atoms with Crippen molar-refractivity contribution in [3.05, 3.63) is 0 Å². The van der Waals surface area contributed by atoms with Gasteiger partial charge in [0.2, 0.25) is 0 Å². The lowest BCUT2D eigenvalue weighted by Gasteiger charge is -2.18. The summed E-state index contributed by atoms with van der Waals surface area (Å²) in [5, 5.41) is 34.2. The molecule has 0 aromatic rings. The molecule has 0 amide bonds. The Morgan fingerprint density at radius 1 is 1.18 bits per heavy atom. The molecule has 0 radical (unpaired) electrons. The first kappa shape index (κ1) is 16.6. The van der Waals surface area contributed by atoms with Gasteiger partial charge in [-0.3, -0.25) is 4.55 Å². The van der Waals surface area contributed by atoms with Crippen molar-refractivity contribution in [2.45, 2.75) is 30.7 Å². The van der Waals surface area contributed by atoms with Gasteiger partial charge in [0.05, 0.1) is 6.26 Å². The van der Waals surface area contributed by atoms with E-state index in [1.54, 1.807) is 0 Å². The minimum absolute atomic E-state index is 0.715. The molecule has 5 N–H and O–H groups in total. The van der Waals surface area contributed by atoms with Gasteiger partial charge in [-0.2, -0.15) is 17.2 Å². The van der Waals surface area contributed by atoms with Crippen molar-refractivity contribution in [1.82, 2.24) is 0 Å². The number of aliphatic hydroxyl groups is 4. The summed E-state index contributed by atoms with van der Waals surface area (Å²) < 4.78 is 54.0. The third kappa shape index (κ3) is 6.16. The highest BCUT2D eigenvalue weighted by Crippen LogP contribution is 2.29. The van der Waals surface area contributed by atoms with E-state index in [1.165, 1.54) is 0 Å². The average molecular weight is 282 g/mol. The summed E-state index contributed by atoms with van der Waals surface area (Å²) in [5.41, 5.74) is 0. The maximum absolute atomic E-state index is 12.1. The molecule has 8 nitrogen and oxygen atoms in total. The molecular weight excluding hydrogens is 270 g/mol. The maximum atomic E-state index is 12.1. The zero-order valence-corrected chi connectivity index (χ0v) is 9.25. The molecule has 1 saturated heterocycles. The molecule has 0 aliphatic carbocycles. The Balaban J connectivity index is 0.000000437. The van der Waals surface area contributed by atoms with Gasteiger partial charge in [-0.05, 0) is 0 Å². The fraction of sp³-hybridized carbons (Fsp3) is 1.00. The molecule has 1 aliphatic heterocycles. The first-order chi connectivity index (χ1) is 7.34. The first-order valence-corrected chi connectivity index (χ1v) is 5.91. The van der Waals surface area contributed by atoms with Crippen LogP contribution in [0, 0.1) is 0 Å². The second-order valence-electron chi connectivity index (χ2n) is 3.25. The van der Waals surface area contributed by atoms with E-state index >= 15 is 0 Å². The first-order valence-electron chi connectivity index (χ1n) is 4.06. The van der Waals surface area contributed by atoms with Crippen LogP contribution in [0.1, 0.15) is 0 Å². The number of hydrogen-bond acceptors (Lipinski definition) is 7. The van der Waals surface area contributed by atoms with Crippen LogP contribution in [-0.4, -0.2) is 70.4 Å². The highest BCUT2D eigenvalue weighted by molar-refractivity contribution is 7.85. The van der Waals surface area contributed by atoms with Gasteiger partial charge in [0, 0.05) is 0 Å². The summed E-state index contributed by atoms with van der Waals surface area (Å²) in [4.78, 5) is 0. The minimum Gasteiger partial charge on any atom is -0.387 e. The van der Waals surface area contributed by atoms with Crippen molar-refractivity contribution in [1.29, 1.82) is 0 Å². The molecule has 0 spiro atoms. The molecule has 1 heterocycles. The van der Waals surface area contributed by atoms with Crippen LogP contribution in [0.15, 0.2) is 0 Å². The van der Waals surface area contributed by atoms with E-state index < -0.39 is 40.8 Å². The molecule has 0 saturated carbocycles. The Labute approximate surface area is 94.8 Å². The standard InChI is InChI=1S/C5H8F2O5.CH4O3S/c6-5(7,11)3-1(8)2(9)4(10)12-3;1-5(2,3)4/h1-4,8-11H;1H3,(H,2,3,4)/t1-,2+,3-,4?;/m0./s1. The Morgan fingerprint density at radius 3 is 1.65 bits per heavy atom. The Kier molecular flexibility index (Phi) is 5.34. The fourth-order valence-corrected chi connectivity index (χ4v) is 0.946. The van der Waals surface area contributed by atoms with Gasteiger partial charge in [-0.15, -0.1) is 0 Å². The van der Waals surface area contributed by atoms with E-state index in [-0.39, 0.29) is 0 Å². The van der Waals surface area contributed by atoms with Gasteiger partial charge in [-0.1, -0.05) is 0 Å². The van der Waals surface area contributed by atoms with Crippen molar-refractivity contribution in [3.8, 4) is 0 Å². The largest absolute Gasteiger partial charge is 0.387 e. The van der Waals surface area contributed by atoms with Crippen LogP contribution < -0.4 is 0 Å². The van der Waals surface area contributed by atoms with Gasteiger partial charge in [0.15, 0.2) is 12.4 Å².